The summed E-state index contributed by atoms with van der Waals surface area (Å²) < 4.78 is 12.0. The number of ether oxygens (including phenoxy) is 2. The predicted octanol–water partition coefficient (Wildman–Crippen LogP) is 1.98. The van der Waals surface area contributed by atoms with Gasteiger partial charge in [-0.3, -0.25) is 0 Å². The number of aromatic nitrogens is 3. The normalized spacial score (nSPS) is 11.5. The van der Waals surface area contributed by atoms with E-state index in [1.54, 1.807) is 10.8 Å². The quantitative estimate of drug-likeness (QED) is 0.482. The van der Waals surface area contributed by atoms with Gasteiger partial charge in [-0.1, -0.05) is 0 Å². The Balaban J connectivity index is 2.30. The van der Waals surface area contributed by atoms with Gasteiger partial charge in [0.15, 0.2) is 17.2 Å². The van der Waals surface area contributed by atoms with Crippen LogP contribution in [0.25, 0.3) is 11.2 Å². The monoisotopic (exact) mass is 347 g/mol. The number of nitrogens with zero attached hydrogens (tertiary/aromatic N) is 4. The SMILES string of the molecule is COC(=O)c1nc2c(C#N)cn(COCC[Si-](C)(C)C)c2nc1N. The third-order valence-electron chi connectivity index (χ3n) is 3.44. The number of anilines is 1. The number of nitrogens with two attached hydrogens (primary N) is 1. The van der Waals surface area contributed by atoms with Crippen molar-refractivity contribution in [1.82, 2.24) is 14.5 Å². The first kappa shape index (κ1) is 17.9. The lowest BCUT2D eigenvalue weighted by atomic mass is 10.3. The Morgan fingerprint density at radius 2 is 2.12 bits per heavy atom. The van der Waals surface area contributed by atoms with Crippen LogP contribution in [0, 0.1) is 11.3 Å². The second-order valence-electron chi connectivity index (χ2n) is 6.59. The Bertz CT molecular complexity index is 804. The number of carbonyl (C=O) groups excluding carboxylic acids is 1. The number of hydrogen-bond acceptors (Lipinski definition) is 7. The van der Waals surface area contributed by atoms with E-state index in [2.05, 4.69) is 34.3 Å². The van der Waals surface area contributed by atoms with Crippen LogP contribution in [-0.4, -0.2) is 42.3 Å². The van der Waals surface area contributed by atoms with Gasteiger partial charge < -0.3 is 19.8 Å². The first-order chi connectivity index (χ1) is 11.3. The van der Waals surface area contributed by atoms with Crippen molar-refractivity contribution < 1.29 is 14.3 Å². The van der Waals surface area contributed by atoms with Gasteiger partial charge in [-0.15, -0.1) is 14.1 Å². The molecular formula is C15H21N5O3Si-. The zero-order valence-electron chi connectivity index (χ0n) is 14.3. The molecule has 2 aromatic rings. The lowest BCUT2D eigenvalue weighted by molar-refractivity contribution is 0.0595. The molecule has 0 fully saturated rings. The van der Waals surface area contributed by atoms with E-state index in [9.17, 15) is 10.1 Å². The summed E-state index contributed by atoms with van der Waals surface area (Å²) in [5, 5.41) is 9.27. The average molecular weight is 347 g/mol. The molecule has 129 valence electrons. The molecule has 0 amide bonds. The molecule has 0 aliphatic heterocycles. The molecule has 2 N–H and O–H groups in total. The molecule has 24 heavy (non-hydrogen) atoms. The topological polar surface area (TPSA) is 116 Å². The van der Waals surface area contributed by atoms with E-state index in [-0.39, 0.29) is 18.2 Å². The van der Waals surface area contributed by atoms with Crippen molar-refractivity contribution >= 4 is 31.0 Å². The smallest absolute Gasteiger partial charge is 0.360 e. The Morgan fingerprint density at radius 3 is 2.71 bits per heavy atom. The molecule has 0 bridgehead atoms. The Hall–Kier alpha value is -2.44. The summed E-state index contributed by atoms with van der Waals surface area (Å²) in [4.78, 5) is 20.0. The minimum absolute atomic E-state index is 0.0414. The van der Waals surface area contributed by atoms with Crippen molar-refractivity contribution in [3.8, 4) is 6.07 Å². The molecule has 0 aliphatic carbocycles. The molecular weight excluding hydrogens is 326 g/mol. The summed E-state index contributed by atoms with van der Waals surface area (Å²) in [6.45, 7) is 7.70. The van der Waals surface area contributed by atoms with Crippen molar-refractivity contribution in [3.63, 3.8) is 0 Å². The fourth-order valence-electron chi connectivity index (χ4n) is 2.07. The molecule has 0 aromatic carbocycles. The van der Waals surface area contributed by atoms with Gasteiger partial charge in [-0.05, 0) is 0 Å². The Labute approximate surface area is 141 Å². The van der Waals surface area contributed by atoms with Gasteiger partial charge in [-0.25, -0.2) is 14.8 Å². The molecule has 0 aliphatic rings. The highest BCUT2D eigenvalue weighted by Gasteiger charge is 2.19. The summed E-state index contributed by atoms with van der Waals surface area (Å²) in [6, 6.07) is 3.08. The lowest BCUT2D eigenvalue weighted by Gasteiger charge is -2.26. The fourth-order valence-corrected chi connectivity index (χ4v) is 2.82. The number of nitrogen functional groups attached to an aromatic ring is 1. The van der Waals surface area contributed by atoms with E-state index in [1.807, 2.05) is 6.07 Å². The highest BCUT2D eigenvalue weighted by molar-refractivity contribution is 6.76. The molecule has 8 nitrogen and oxygen atoms in total. The van der Waals surface area contributed by atoms with Crippen molar-refractivity contribution in [1.29, 1.82) is 5.26 Å². The summed E-state index contributed by atoms with van der Waals surface area (Å²) >= 11 is 0. The number of rotatable bonds is 6. The number of hydrogen-bond donors (Lipinski definition) is 1. The zero-order chi connectivity index (χ0) is 17.9. The van der Waals surface area contributed by atoms with Crippen LogP contribution >= 0.6 is 0 Å². The fraction of sp³-hybridized carbons (Fsp3) is 0.467. The lowest BCUT2D eigenvalue weighted by Crippen LogP contribution is -2.22. The van der Waals surface area contributed by atoms with Gasteiger partial charge in [0.25, 0.3) is 0 Å². The molecule has 9 heteroatoms. The van der Waals surface area contributed by atoms with E-state index in [1.165, 1.54) is 7.11 Å². The summed E-state index contributed by atoms with van der Waals surface area (Å²) in [5.74, 6) is -0.731. The van der Waals surface area contributed by atoms with E-state index in [0.29, 0.717) is 23.3 Å². The predicted molar refractivity (Wildman–Crippen MR) is 92.1 cm³/mol. The van der Waals surface area contributed by atoms with Crippen molar-refractivity contribution in [2.45, 2.75) is 32.4 Å². The second-order valence-corrected chi connectivity index (χ2v) is 12.2. The Morgan fingerprint density at radius 1 is 1.42 bits per heavy atom. The molecule has 0 unspecified atom stereocenters. The van der Waals surface area contributed by atoms with Crippen LogP contribution in [0.15, 0.2) is 6.20 Å². The number of nitriles is 1. The summed E-state index contributed by atoms with van der Waals surface area (Å²) in [7, 11) is 0.0626. The van der Waals surface area contributed by atoms with Crippen LogP contribution in [0.1, 0.15) is 16.1 Å². The standard InChI is InChI=1S/C15H21N5O3Si/c1-22-15(21)12-13(17)19-14-11(18-12)10(7-16)8-20(14)9-23-5-6-24(2,3)4/h8H,5-6,9H2,1-4H3,(H2,17,19)/q-1. The van der Waals surface area contributed by atoms with Crippen molar-refractivity contribution in [2.24, 2.45) is 0 Å². The van der Waals surface area contributed by atoms with Gasteiger partial charge in [0.2, 0.25) is 0 Å². The van der Waals surface area contributed by atoms with Crippen LogP contribution in [0.2, 0.25) is 25.7 Å². The van der Waals surface area contributed by atoms with Crippen LogP contribution in [0.3, 0.4) is 0 Å². The summed E-state index contributed by atoms with van der Waals surface area (Å²) in [6.07, 6.45) is 1.60. The third-order valence-corrected chi connectivity index (χ3v) is 5.15. The molecule has 0 saturated carbocycles. The van der Waals surface area contributed by atoms with E-state index < -0.39 is 14.0 Å². The summed E-state index contributed by atoms with van der Waals surface area (Å²) in [5.41, 5.74) is 6.71. The minimum atomic E-state index is -1.17. The second kappa shape index (κ2) is 6.98. The molecule has 2 aromatic heterocycles. The highest BCUT2D eigenvalue weighted by atomic mass is 28.3. The van der Waals surface area contributed by atoms with Crippen LogP contribution < -0.4 is 5.73 Å². The van der Waals surface area contributed by atoms with Crippen LogP contribution in [0.5, 0.6) is 0 Å². The van der Waals surface area contributed by atoms with E-state index >= 15 is 0 Å². The van der Waals surface area contributed by atoms with Gasteiger partial charge >= 0.3 is 5.97 Å². The molecule has 0 atom stereocenters. The third kappa shape index (κ3) is 3.90. The highest BCUT2D eigenvalue weighted by Crippen LogP contribution is 2.21. The maximum atomic E-state index is 11.7. The van der Waals surface area contributed by atoms with Gasteiger partial charge in [0.1, 0.15) is 18.3 Å². The number of fused-ring (bicyclic) bond motifs is 1. The van der Waals surface area contributed by atoms with E-state index in [0.717, 1.165) is 6.04 Å². The average Bonchev–Trinajstić information content (AvgIpc) is 2.86. The van der Waals surface area contributed by atoms with E-state index in [4.69, 9.17) is 10.5 Å². The van der Waals surface area contributed by atoms with Crippen LogP contribution in [-0.2, 0) is 16.2 Å². The van der Waals surface area contributed by atoms with Gasteiger partial charge in [0, 0.05) is 12.8 Å². The zero-order valence-corrected chi connectivity index (χ0v) is 15.3. The first-order valence-electron chi connectivity index (χ1n) is 7.49. The first-order valence-corrected chi connectivity index (χ1v) is 11.2. The largest absolute Gasteiger partial charge is 0.464 e. The minimum Gasteiger partial charge on any atom is -0.464 e. The molecule has 0 saturated heterocycles. The Kier molecular flexibility index (Phi) is 5.21. The van der Waals surface area contributed by atoms with Gasteiger partial charge in [-0.2, -0.15) is 24.9 Å². The molecule has 2 heterocycles. The van der Waals surface area contributed by atoms with Crippen molar-refractivity contribution in [2.75, 3.05) is 19.5 Å². The molecule has 0 radical (unpaired) electrons. The molecule has 0 spiro atoms. The number of carbonyl (C=O) groups is 1. The van der Waals surface area contributed by atoms with Crippen molar-refractivity contribution in [3.05, 3.63) is 17.5 Å². The molecule has 2 rings (SSSR count). The van der Waals surface area contributed by atoms with Crippen LogP contribution in [0.4, 0.5) is 5.82 Å². The van der Waals surface area contributed by atoms with Gasteiger partial charge in [0.05, 0.1) is 12.7 Å². The maximum Gasteiger partial charge on any atom is 0.360 e. The number of esters is 1. The maximum absolute atomic E-state index is 11.7. The number of methoxy groups -OCH3 is 1.